The van der Waals surface area contributed by atoms with Crippen molar-refractivity contribution in [2.24, 2.45) is 0 Å². The summed E-state index contributed by atoms with van der Waals surface area (Å²) in [6.45, 7) is 2.78. The van der Waals surface area contributed by atoms with Crippen molar-refractivity contribution in [2.75, 3.05) is 20.2 Å². The summed E-state index contributed by atoms with van der Waals surface area (Å²) >= 11 is 0. The molecular weight excluding hydrogens is 275 g/mol. The molecule has 0 N–H and O–H groups in total. The predicted octanol–water partition coefficient (Wildman–Crippen LogP) is 2.48. The zero-order valence-corrected chi connectivity index (χ0v) is 12.0. The summed E-state index contributed by atoms with van der Waals surface area (Å²) in [4.78, 5) is 17.5. The standard InChI is InChI=1S/C15H17FN2O3/c1-3-20-14(19)9-18(2)8-13-10-21-15(17-13)11-4-6-12(16)7-5-11/h4-7,10H,3,8-9H2,1-2H3. The fourth-order valence-corrected chi connectivity index (χ4v) is 1.86. The maximum atomic E-state index is 12.9. The van der Waals surface area contributed by atoms with Gasteiger partial charge in [0, 0.05) is 12.1 Å². The molecule has 6 heteroatoms. The van der Waals surface area contributed by atoms with Crippen molar-refractivity contribution in [1.29, 1.82) is 0 Å². The van der Waals surface area contributed by atoms with Crippen LogP contribution in [0.25, 0.3) is 11.5 Å². The van der Waals surface area contributed by atoms with E-state index in [1.165, 1.54) is 18.4 Å². The third-order valence-electron chi connectivity index (χ3n) is 2.78. The minimum atomic E-state index is -0.306. The molecule has 2 rings (SSSR count). The summed E-state index contributed by atoms with van der Waals surface area (Å²) in [5, 5.41) is 0. The van der Waals surface area contributed by atoms with Gasteiger partial charge in [-0.05, 0) is 38.2 Å². The van der Waals surface area contributed by atoms with E-state index < -0.39 is 0 Å². The Morgan fingerprint density at radius 2 is 2.10 bits per heavy atom. The molecule has 1 aromatic carbocycles. The second-order valence-electron chi connectivity index (χ2n) is 4.63. The molecule has 112 valence electrons. The number of ether oxygens (including phenoxy) is 1. The van der Waals surface area contributed by atoms with Gasteiger partial charge in [0.05, 0.1) is 18.8 Å². The van der Waals surface area contributed by atoms with Gasteiger partial charge in [0.1, 0.15) is 12.1 Å². The lowest BCUT2D eigenvalue weighted by Crippen LogP contribution is -2.27. The number of likely N-dealkylation sites (N-methyl/N-ethyl adjacent to an activating group) is 1. The highest BCUT2D eigenvalue weighted by molar-refractivity contribution is 5.71. The number of esters is 1. The van der Waals surface area contributed by atoms with E-state index in [0.29, 0.717) is 30.3 Å². The molecule has 0 aliphatic heterocycles. The van der Waals surface area contributed by atoms with Gasteiger partial charge in [-0.25, -0.2) is 9.37 Å². The van der Waals surface area contributed by atoms with Crippen LogP contribution in [0.4, 0.5) is 4.39 Å². The van der Waals surface area contributed by atoms with E-state index in [-0.39, 0.29) is 18.3 Å². The van der Waals surface area contributed by atoms with Gasteiger partial charge in [-0.3, -0.25) is 9.69 Å². The quantitative estimate of drug-likeness (QED) is 0.766. The zero-order valence-electron chi connectivity index (χ0n) is 12.0. The van der Waals surface area contributed by atoms with Crippen LogP contribution in [0.15, 0.2) is 34.9 Å². The molecule has 0 aliphatic carbocycles. The lowest BCUT2D eigenvalue weighted by atomic mass is 10.2. The number of aromatic nitrogens is 1. The van der Waals surface area contributed by atoms with Crippen molar-refractivity contribution in [2.45, 2.75) is 13.5 Å². The molecule has 0 unspecified atom stereocenters. The van der Waals surface area contributed by atoms with Gasteiger partial charge < -0.3 is 9.15 Å². The fraction of sp³-hybridized carbons (Fsp3) is 0.333. The Morgan fingerprint density at radius 1 is 1.38 bits per heavy atom. The Kier molecular flexibility index (Phi) is 5.05. The van der Waals surface area contributed by atoms with E-state index in [1.807, 2.05) is 0 Å². The van der Waals surface area contributed by atoms with E-state index in [9.17, 15) is 9.18 Å². The van der Waals surface area contributed by atoms with Crippen molar-refractivity contribution < 1.29 is 18.3 Å². The van der Waals surface area contributed by atoms with Crippen LogP contribution in [0.2, 0.25) is 0 Å². The topological polar surface area (TPSA) is 55.6 Å². The van der Waals surface area contributed by atoms with Crippen LogP contribution in [0.5, 0.6) is 0 Å². The maximum Gasteiger partial charge on any atom is 0.320 e. The highest BCUT2D eigenvalue weighted by Gasteiger charge is 2.11. The SMILES string of the molecule is CCOC(=O)CN(C)Cc1coc(-c2ccc(F)cc2)n1. The van der Waals surface area contributed by atoms with Crippen LogP contribution in [-0.2, 0) is 16.1 Å². The Balaban J connectivity index is 1.96. The molecule has 1 heterocycles. The smallest absolute Gasteiger partial charge is 0.320 e. The molecule has 0 spiro atoms. The molecule has 0 atom stereocenters. The number of rotatable bonds is 6. The molecule has 0 amide bonds. The first-order valence-corrected chi connectivity index (χ1v) is 6.63. The van der Waals surface area contributed by atoms with Crippen molar-refractivity contribution in [3.63, 3.8) is 0 Å². The van der Waals surface area contributed by atoms with Crippen LogP contribution in [0.1, 0.15) is 12.6 Å². The molecule has 5 nitrogen and oxygen atoms in total. The number of hydrogen-bond acceptors (Lipinski definition) is 5. The van der Waals surface area contributed by atoms with E-state index >= 15 is 0 Å². The third-order valence-corrected chi connectivity index (χ3v) is 2.78. The summed E-state index contributed by atoms with van der Waals surface area (Å²) in [6, 6.07) is 5.92. The van der Waals surface area contributed by atoms with E-state index in [2.05, 4.69) is 4.98 Å². The first-order chi connectivity index (χ1) is 10.1. The zero-order chi connectivity index (χ0) is 15.2. The van der Waals surface area contributed by atoms with Crippen molar-refractivity contribution >= 4 is 5.97 Å². The second kappa shape index (κ2) is 6.99. The molecule has 1 aromatic heterocycles. The van der Waals surface area contributed by atoms with Crippen LogP contribution in [0.3, 0.4) is 0 Å². The van der Waals surface area contributed by atoms with Crippen molar-refractivity contribution in [3.8, 4) is 11.5 Å². The van der Waals surface area contributed by atoms with Crippen LogP contribution < -0.4 is 0 Å². The minimum absolute atomic E-state index is 0.187. The number of carbonyl (C=O) groups is 1. The number of oxazole rings is 1. The van der Waals surface area contributed by atoms with Gasteiger partial charge in [0.25, 0.3) is 0 Å². The van der Waals surface area contributed by atoms with E-state index in [1.54, 1.807) is 31.0 Å². The second-order valence-corrected chi connectivity index (χ2v) is 4.63. The van der Waals surface area contributed by atoms with Gasteiger partial charge in [-0.1, -0.05) is 0 Å². The van der Waals surface area contributed by atoms with Crippen LogP contribution in [0, 0.1) is 5.82 Å². The van der Waals surface area contributed by atoms with Gasteiger partial charge in [-0.2, -0.15) is 0 Å². The molecular formula is C15H17FN2O3. The summed E-state index contributed by atoms with van der Waals surface area (Å²) in [7, 11) is 1.79. The molecule has 0 fully saturated rings. The number of hydrogen-bond donors (Lipinski definition) is 0. The first kappa shape index (κ1) is 15.2. The molecule has 2 aromatic rings. The highest BCUT2D eigenvalue weighted by atomic mass is 19.1. The summed E-state index contributed by atoms with van der Waals surface area (Å²) in [5.41, 5.74) is 1.40. The number of carbonyl (C=O) groups excluding carboxylic acids is 1. The normalized spacial score (nSPS) is 10.9. The molecule has 0 aliphatic rings. The van der Waals surface area contributed by atoms with Crippen molar-refractivity contribution in [3.05, 3.63) is 42.0 Å². The van der Waals surface area contributed by atoms with E-state index in [4.69, 9.17) is 9.15 Å². The van der Waals surface area contributed by atoms with Crippen LogP contribution >= 0.6 is 0 Å². The van der Waals surface area contributed by atoms with Gasteiger partial charge >= 0.3 is 5.97 Å². The summed E-state index contributed by atoms with van der Waals surface area (Å²) < 4.78 is 23.1. The Morgan fingerprint density at radius 3 is 2.76 bits per heavy atom. The lowest BCUT2D eigenvalue weighted by Gasteiger charge is -2.13. The Bertz CT molecular complexity index is 595. The maximum absolute atomic E-state index is 12.9. The number of halogens is 1. The first-order valence-electron chi connectivity index (χ1n) is 6.63. The minimum Gasteiger partial charge on any atom is -0.465 e. The number of benzene rings is 1. The summed E-state index contributed by atoms with van der Waals surface area (Å²) in [5.74, 6) is -0.156. The largest absolute Gasteiger partial charge is 0.465 e. The molecule has 0 saturated carbocycles. The Hall–Kier alpha value is -2.21. The van der Waals surface area contributed by atoms with Crippen LogP contribution in [-0.4, -0.2) is 36.1 Å². The van der Waals surface area contributed by atoms with Gasteiger partial charge in [-0.15, -0.1) is 0 Å². The third kappa shape index (κ3) is 4.39. The Labute approximate surface area is 122 Å². The van der Waals surface area contributed by atoms with E-state index in [0.717, 1.165) is 0 Å². The van der Waals surface area contributed by atoms with Gasteiger partial charge in [0.15, 0.2) is 0 Å². The number of nitrogens with zero attached hydrogens (tertiary/aromatic N) is 2. The van der Waals surface area contributed by atoms with Crippen molar-refractivity contribution in [1.82, 2.24) is 9.88 Å². The molecule has 0 saturated heterocycles. The molecule has 21 heavy (non-hydrogen) atoms. The molecule has 0 bridgehead atoms. The molecule has 0 radical (unpaired) electrons. The average molecular weight is 292 g/mol. The fourth-order valence-electron chi connectivity index (χ4n) is 1.86. The lowest BCUT2D eigenvalue weighted by molar-refractivity contribution is -0.144. The average Bonchev–Trinajstić information content (AvgIpc) is 2.88. The van der Waals surface area contributed by atoms with Gasteiger partial charge in [0.2, 0.25) is 5.89 Å². The highest BCUT2D eigenvalue weighted by Crippen LogP contribution is 2.19. The summed E-state index contributed by atoms with van der Waals surface area (Å²) in [6.07, 6.45) is 1.53. The monoisotopic (exact) mass is 292 g/mol. The predicted molar refractivity (Wildman–Crippen MR) is 74.9 cm³/mol.